The Morgan fingerprint density at radius 3 is 2.63 bits per heavy atom. The van der Waals surface area contributed by atoms with Gasteiger partial charge < -0.3 is 5.73 Å². The van der Waals surface area contributed by atoms with Crippen molar-refractivity contribution < 1.29 is 8.42 Å². The number of nitrogens with two attached hydrogens (primary N) is 1. The molecule has 0 aliphatic heterocycles. The molecule has 1 aromatic carbocycles. The highest BCUT2D eigenvalue weighted by Crippen LogP contribution is 2.23. The summed E-state index contributed by atoms with van der Waals surface area (Å²) in [6.07, 6.45) is 5.04. The summed E-state index contributed by atoms with van der Waals surface area (Å²) in [4.78, 5) is 0.373. The smallest absolute Gasteiger partial charge is 0.240 e. The lowest BCUT2D eigenvalue weighted by Crippen LogP contribution is -2.29. The van der Waals surface area contributed by atoms with Crippen LogP contribution in [0.5, 0.6) is 0 Å². The van der Waals surface area contributed by atoms with Gasteiger partial charge in [-0.3, -0.25) is 0 Å². The van der Waals surface area contributed by atoms with E-state index >= 15 is 0 Å². The molecule has 1 atom stereocenters. The van der Waals surface area contributed by atoms with Crippen molar-refractivity contribution >= 4 is 10.0 Å². The van der Waals surface area contributed by atoms with Crippen LogP contribution in [-0.4, -0.2) is 21.0 Å². The molecule has 0 amide bonds. The predicted molar refractivity (Wildman–Crippen MR) is 76.5 cm³/mol. The minimum absolute atomic E-state index is 0.00577. The zero-order chi connectivity index (χ0) is 13.9. The van der Waals surface area contributed by atoms with Gasteiger partial charge in [0.25, 0.3) is 0 Å². The standard InChI is InChI=1S/C14H22N2O2S/c1-11(15)8-9-16-19(17,18)14-7-6-12-4-2-3-5-13(12)10-14/h6-7,10-11,16H,2-5,8-9,15H2,1H3. The quantitative estimate of drug-likeness (QED) is 0.861. The van der Waals surface area contributed by atoms with Gasteiger partial charge >= 0.3 is 0 Å². The summed E-state index contributed by atoms with van der Waals surface area (Å²) in [5, 5.41) is 0. The van der Waals surface area contributed by atoms with Crippen molar-refractivity contribution in [2.24, 2.45) is 5.73 Å². The zero-order valence-electron chi connectivity index (χ0n) is 11.4. The Labute approximate surface area is 115 Å². The maximum absolute atomic E-state index is 12.1. The molecule has 0 aromatic heterocycles. The van der Waals surface area contributed by atoms with Crippen molar-refractivity contribution in [3.05, 3.63) is 29.3 Å². The Morgan fingerprint density at radius 1 is 1.26 bits per heavy atom. The van der Waals surface area contributed by atoms with E-state index in [0.717, 1.165) is 19.3 Å². The Kier molecular flexibility index (Phi) is 4.60. The van der Waals surface area contributed by atoms with Crippen molar-refractivity contribution in [2.75, 3.05) is 6.54 Å². The summed E-state index contributed by atoms with van der Waals surface area (Å²) in [7, 11) is -3.39. The van der Waals surface area contributed by atoms with Crippen LogP contribution >= 0.6 is 0 Å². The van der Waals surface area contributed by atoms with Crippen molar-refractivity contribution in [1.82, 2.24) is 4.72 Å². The van der Waals surface area contributed by atoms with E-state index in [-0.39, 0.29) is 6.04 Å². The molecule has 1 unspecified atom stereocenters. The van der Waals surface area contributed by atoms with Crippen molar-refractivity contribution in [1.29, 1.82) is 0 Å². The Balaban J connectivity index is 2.12. The third-order valence-corrected chi connectivity index (χ3v) is 4.98. The summed E-state index contributed by atoms with van der Waals surface area (Å²) in [6, 6.07) is 5.49. The first-order valence-electron chi connectivity index (χ1n) is 6.86. The van der Waals surface area contributed by atoms with Crippen molar-refractivity contribution in [2.45, 2.75) is 50.0 Å². The van der Waals surface area contributed by atoms with Crippen LogP contribution < -0.4 is 10.5 Å². The van der Waals surface area contributed by atoms with Gasteiger partial charge in [-0.15, -0.1) is 0 Å². The van der Waals surface area contributed by atoms with Gasteiger partial charge in [-0.1, -0.05) is 6.07 Å². The van der Waals surface area contributed by atoms with E-state index in [4.69, 9.17) is 5.73 Å². The highest BCUT2D eigenvalue weighted by atomic mass is 32.2. The number of fused-ring (bicyclic) bond motifs is 1. The molecule has 1 aromatic rings. The van der Waals surface area contributed by atoms with Gasteiger partial charge in [-0.2, -0.15) is 0 Å². The van der Waals surface area contributed by atoms with E-state index in [1.54, 1.807) is 6.07 Å². The zero-order valence-corrected chi connectivity index (χ0v) is 12.2. The van der Waals surface area contributed by atoms with E-state index < -0.39 is 10.0 Å². The highest BCUT2D eigenvalue weighted by Gasteiger charge is 2.17. The summed E-state index contributed by atoms with van der Waals surface area (Å²) in [6.45, 7) is 2.25. The van der Waals surface area contributed by atoms with Crippen LogP contribution in [0.1, 0.15) is 37.3 Å². The van der Waals surface area contributed by atoms with Gasteiger partial charge in [0.2, 0.25) is 10.0 Å². The van der Waals surface area contributed by atoms with Gasteiger partial charge in [0.1, 0.15) is 0 Å². The number of nitrogens with one attached hydrogen (secondary N) is 1. The lowest BCUT2D eigenvalue weighted by Gasteiger charge is -2.17. The predicted octanol–water partition coefficient (Wildman–Crippen LogP) is 1.58. The van der Waals surface area contributed by atoms with E-state index in [0.29, 0.717) is 17.9 Å². The first-order chi connectivity index (χ1) is 8.99. The minimum atomic E-state index is -3.39. The Hall–Kier alpha value is -0.910. The molecule has 19 heavy (non-hydrogen) atoms. The molecule has 2 rings (SSSR count). The van der Waals surface area contributed by atoms with Crippen LogP contribution in [0.15, 0.2) is 23.1 Å². The number of aryl methyl sites for hydroxylation is 2. The van der Waals surface area contributed by atoms with Crippen LogP contribution in [0.4, 0.5) is 0 Å². The maximum atomic E-state index is 12.1. The van der Waals surface area contributed by atoms with Crippen LogP contribution in [0.2, 0.25) is 0 Å². The molecule has 3 N–H and O–H groups in total. The van der Waals surface area contributed by atoms with E-state index in [1.807, 2.05) is 19.1 Å². The first kappa shape index (κ1) is 14.5. The molecule has 4 nitrogen and oxygen atoms in total. The number of hydrogen-bond donors (Lipinski definition) is 2. The van der Waals surface area contributed by atoms with E-state index in [2.05, 4.69) is 4.72 Å². The third-order valence-electron chi connectivity index (χ3n) is 3.52. The summed E-state index contributed by atoms with van der Waals surface area (Å²) >= 11 is 0. The number of benzene rings is 1. The lowest BCUT2D eigenvalue weighted by atomic mass is 9.92. The monoisotopic (exact) mass is 282 g/mol. The van der Waals surface area contributed by atoms with Gasteiger partial charge in [0.15, 0.2) is 0 Å². The molecule has 0 heterocycles. The van der Waals surface area contributed by atoms with Crippen molar-refractivity contribution in [3.8, 4) is 0 Å². The Morgan fingerprint density at radius 2 is 1.95 bits per heavy atom. The molecular formula is C14H22N2O2S. The molecule has 0 saturated carbocycles. The van der Waals surface area contributed by atoms with E-state index in [9.17, 15) is 8.42 Å². The number of hydrogen-bond acceptors (Lipinski definition) is 3. The van der Waals surface area contributed by atoms with Gasteiger partial charge in [0, 0.05) is 12.6 Å². The molecule has 1 aliphatic rings. The molecule has 0 fully saturated rings. The first-order valence-corrected chi connectivity index (χ1v) is 8.34. The second-order valence-corrected chi connectivity index (χ2v) is 7.07. The van der Waals surface area contributed by atoms with Crippen LogP contribution in [0.3, 0.4) is 0 Å². The van der Waals surface area contributed by atoms with Crippen molar-refractivity contribution in [3.63, 3.8) is 0 Å². The summed E-state index contributed by atoms with van der Waals surface area (Å²) in [5.41, 5.74) is 8.09. The summed E-state index contributed by atoms with van der Waals surface area (Å²) < 4.78 is 26.9. The summed E-state index contributed by atoms with van der Waals surface area (Å²) in [5.74, 6) is 0. The van der Waals surface area contributed by atoms with Gasteiger partial charge in [-0.25, -0.2) is 13.1 Å². The molecule has 5 heteroatoms. The molecular weight excluding hydrogens is 260 g/mol. The van der Waals surface area contributed by atoms with Gasteiger partial charge in [0.05, 0.1) is 4.90 Å². The fourth-order valence-corrected chi connectivity index (χ4v) is 3.48. The minimum Gasteiger partial charge on any atom is -0.328 e. The molecule has 0 spiro atoms. The Bertz CT molecular complexity index is 538. The number of rotatable bonds is 5. The average Bonchev–Trinajstić information content (AvgIpc) is 2.37. The normalized spacial score (nSPS) is 16.9. The third kappa shape index (κ3) is 3.78. The van der Waals surface area contributed by atoms with Crippen LogP contribution in [0, 0.1) is 0 Å². The number of sulfonamides is 1. The molecule has 0 saturated heterocycles. The van der Waals surface area contributed by atoms with Crippen LogP contribution in [-0.2, 0) is 22.9 Å². The maximum Gasteiger partial charge on any atom is 0.240 e. The second-order valence-electron chi connectivity index (χ2n) is 5.30. The van der Waals surface area contributed by atoms with Gasteiger partial charge in [-0.05, 0) is 62.3 Å². The second kappa shape index (κ2) is 6.03. The molecule has 0 bridgehead atoms. The lowest BCUT2D eigenvalue weighted by molar-refractivity contribution is 0.571. The van der Waals surface area contributed by atoms with E-state index in [1.165, 1.54) is 17.5 Å². The highest BCUT2D eigenvalue weighted by molar-refractivity contribution is 7.89. The molecule has 0 radical (unpaired) electrons. The SMILES string of the molecule is CC(N)CCNS(=O)(=O)c1ccc2c(c1)CCCC2. The molecule has 1 aliphatic carbocycles. The fraction of sp³-hybridized carbons (Fsp3) is 0.571. The largest absolute Gasteiger partial charge is 0.328 e. The average molecular weight is 282 g/mol. The topological polar surface area (TPSA) is 72.2 Å². The van der Waals surface area contributed by atoms with Crippen LogP contribution in [0.25, 0.3) is 0 Å². The molecule has 106 valence electrons. The fourth-order valence-electron chi connectivity index (χ4n) is 2.38.